The van der Waals surface area contributed by atoms with Crippen molar-refractivity contribution in [1.29, 1.82) is 5.26 Å². The third-order valence-corrected chi connectivity index (χ3v) is 4.32. The quantitative estimate of drug-likeness (QED) is 0.737. The lowest BCUT2D eigenvalue weighted by atomic mass is 10.2. The number of furan rings is 1. The van der Waals surface area contributed by atoms with Gasteiger partial charge in [-0.25, -0.2) is 14.6 Å². The van der Waals surface area contributed by atoms with E-state index >= 15 is 0 Å². The molecule has 0 aromatic carbocycles. The first-order valence-corrected chi connectivity index (χ1v) is 8.04. The van der Waals surface area contributed by atoms with Crippen LogP contribution in [0, 0.1) is 18.3 Å². The maximum atomic E-state index is 12.9. The molecule has 1 saturated carbocycles. The van der Waals surface area contributed by atoms with Crippen LogP contribution in [0.25, 0.3) is 11.0 Å². The first kappa shape index (κ1) is 16.0. The lowest BCUT2D eigenvalue weighted by molar-refractivity contribution is -0.120. The van der Waals surface area contributed by atoms with Gasteiger partial charge in [-0.15, -0.1) is 0 Å². The van der Waals surface area contributed by atoms with E-state index in [2.05, 4.69) is 15.1 Å². The number of nitrogens with two attached hydrogens (primary N) is 1. The summed E-state index contributed by atoms with van der Waals surface area (Å²) in [7, 11) is 0. The Balaban J connectivity index is 1.89. The van der Waals surface area contributed by atoms with Crippen molar-refractivity contribution in [3.05, 3.63) is 51.7 Å². The summed E-state index contributed by atoms with van der Waals surface area (Å²) < 4.78 is 6.76. The fraction of sp³-hybridized carbons (Fsp3) is 0.294. The molecule has 0 saturated heterocycles. The molecule has 0 radical (unpaired) electrons. The number of hydrogen-bond acceptors (Lipinski definition) is 7. The molecule has 130 valence electrons. The SMILES string of the molecule is Cc1nn(C(C(N)=O)c2ncc(C#N)cn2)c(=O)c2cc(C3CC3)oc12. The van der Waals surface area contributed by atoms with Crippen LogP contribution in [0.4, 0.5) is 0 Å². The molecule has 1 aliphatic rings. The van der Waals surface area contributed by atoms with Gasteiger partial charge in [0.25, 0.3) is 5.56 Å². The van der Waals surface area contributed by atoms with Crippen LogP contribution in [-0.4, -0.2) is 25.7 Å². The van der Waals surface area contributed by atoms with Crippen LogP contribution in [0.15, 0.2) is 27.7 Å². The number of carbonyl (C=O) groups is 1. The smallest absolute Gasteiger partial charge is 0.279 e. The number of amides is 1. The topological polar surface area (TPSA) is 141 Å². The number of nitrogens with zero attached hydrogens (tertiary/aromatic N) is 5. The lowest BCUT2D eigenvalue weighted by Crippen LogP contribution is -2.37. The van der Waals surface area contributed by atoms with E-state index in [0.717, 1.165) is 23.3 Å². The molecule has 9 heteroatoms. The zero-order chi connectivity index (χ0) is 18.4. The Morgan fingerprint density at radius 1 is 1.42 bits per heavy atom. The number of aromatic nitrogens is 4. The highest BCUT2D eigenvalue weighted by Gasteiger charge is 2.31. The number of primary amides is 1. The van der Waals surface area contributed by atoms with Crippen molar-refractivity contribution < 1.29 is 9.21 Å². The predicted octanol–water partition coefficient (Wildman–Crippen LogP) is 0.912. The Morgan fingerprint density at radius 2 is 2.12 bits per heavy atom. The average molecular weight is 350 g/mol. The minimum atomic E-state index is -1.28. The van der Waals surface area contributed by atoms with E-state index in [1.54, 1.807) is 13.0 Å². The van der Waals surface area contributed by atoms with Gasteiger partial charge in [-0.1, -0.05) is 0 Å². The largest absolute Gasteiger partial charge is 0.459 e. The van der Waals surface area contributed by atoms with Crippen molar-refractivity contribution in [3.8, 4) is 6.07 Å². The van der Waals surface area contributed by atoms with Crippen LogP contribution >= 0.6 is 0 Å². The first-order chi connectivity index (χ1) is 12.5. The van der Waals surface area contributed by atoms with Crippen LogP contribution in [0.3, 0.4) is 0 Å². The van der Waals surface area contributed by atoms with Gasteiger partial charge in [0.15, 0.2) is 17.4 Å². The normalized spacial score (nSPS) is 14.9. The van der Waals surface area contributed by atoms with E-state index in [1.165, 1.54) is 12.4 Å². The third-order valence-electron chi connectivity index (χ3n) is 4.32. The van der Waals surface area contributed by atoms with Gasteiger partial charge in [-0.2, -0.15) is 10.4 Å². The number of hydrogen-bond donors (Lipinski definition) is 1. The summed E-state index contributed by atoms with van der Waals surface area (Å²) in [6.45, 7) is 1.69. The summed E-state index contributed by atoms with van der Waals surface area (Å²) in [6, 6.07) is 2.31. The molecule has 3 heterocycles. The highest BCUT2D eigenvalue weighted by molar-refractivity contribution is 5.82. The van der Waals surface area contributed by atoms with Crippen molar-refractivity contribution in [1.82, 2.24) is 19.7 Å². The molecule has 4 rings (SSSR count). The molecule has 0 bridgehead atoms. The number of fused-ring (bicyclic) bond motifs is 1. The van der Waals surface area contributed by atoms with Crippen LogP contribution in [0.5, 0.6) is 0 Å². The summed E-state index contributed by atoms with van der Waals surface area (Å²) in [5.41, 5.74) is 6.10. The molecule has 1 aliphatic carbocycles. The maximum Gasteiger partial charge on any atom is 0.279 e. The third kappa shape index (κ3) is 2.52. The Hall–Kier alpha value is -3.54. The summed E-state index contributed by atoms with van der Waals surface area (Å²) in [5, 5.41) is 13.4. The van der Waals surface area contributed by atoms with Crippen LogP contribution < -0.4 is 11.3 Å². The molecule has 1 unspecified atom stereocenters. The minimum Gasteiger partial charge on any atom is -0.459 e. The molecular weight excluding hydrogens is 336 g/mol. The Kier molecular flexibility index (Phi) is 3.54. The monoisotopic (exact) mass is 350 g/mol. The minimum absolute atomic E-state index is 0.00392. The second-order valence-corrected chi connectivity index (χ2v) is 6.25. The maximum absolute atomic E-state index is 12.9. The Bertz CT molecular complexity index is 1120. The first-order valence-electron chi connectivity index (χ1n) is 8.04. The van der Waals surface area contributed by atoms with E-state index in [0.29, 0.717) is 22.6 Å². The summed E-state index contributed by atoms with van der Waals surface area (Å²) >= 11 is 0. The van der Waals surface area contributed by atoms with E-state index in [1.807, 2.05) is 6.07 Å². The second-order valence-electron chi connectivity index (χ2n) is 6.25. The highest BCUT2D eigenvalue weighted by Crippen LogP contribution is 2.42. The molecule has 1 fully saturated rings. The van der Waals surface area contributed by atoms with Crippen LogP contribution in [-0.2, 0) is 4.79 Å². The summed E-state index contributed by atoms with van der Waals surface area (Å²) in [6.07, 6.45) is 4.59. The number of aryl methyl sites for hydroxylation is 1. The zero-order valence-electron chi connectivity index (χ0n) is 13.8. The molecule has 3 aromatic heterocycles. The Labute approximate surface area is 147 Å². The lowest BCUT2D eigenvalue weighted by Gasteiger charge is -2.14. The van der Waals surface area contributed by atoms with Crippen LogP contribution in [0.1, 0.15) is 47.6 Å². The molecule has 26 heavy (non-hydrogen) atoms. The number of rotatable bonds is 4. The van der Waals surface area contributed by atoms with E-state index in [4.69, 9.17) is 15.4 Å². The second kappa shape index (κ2) is 5.77. The summed E-state index contributed by atoms with van der Waals surface area (Å²) in [5.74, 6) is 0.262. The van der Waals surface area contributed by atoms with Gasteiger partial charge >= 0.3 is 0 Å². The molecular formula is C17H14N6O3. The molecule has 3 aromatic rings. The van der Waals surface area contributed by atoms with Gasteiger partial charge < -0.3 is 10.2 Å². The Morgan fingerprint density at radius 3 is 2.69 bits per heavy atom. The number of nitriles is 1. The average Bonchev–Trinajstić information content (AvgIpc) is 3.38. The van der Waals surface area contributed by atoms with Gasteiger partial charge in [0.1, 0.15) is 17.5 Å². The van der Waals surface area contributed by atoms with Gasteiger partial charge in [-0.3, -0.25) is 9.59 Å². The standard InChI is InChI=1S/C17H14N6O3/c1-8-14-11(4-12(26-14)10-2-3-10)17(25)23(22-8)13(15(19)24)16-20-6-9(5-18)7-21-16/h4,6-7,10,13H,2-3H2,1H3,(H2,19,24). The molecule has 1 atom stereocenters. The van der Waals surface area contributed by atoms with E-state index < -0.39 is 17.5 Å². The predicted molar refractivity (Wildman–Crippen MR) is 89.1 cm³/mol. The summed E-state index contributed by atoms with van der Waals surface area (Å²) in [4.78, 5) is 32.9. The molecule has 9 nitrogen and oxygen atoms in total. The van der Waals surface area contributed by atoms with Gasteiger partial charge in [-0.05, 0) is 25.8 Å². The van der Waals surface area contributed by atoms with Gasteiger partial charge in [0.05, 0.1) is 10.9 Å². The molecule has 0 spiro atoms. The fourth-order valence-corrected chi connectivity index (χ4v) is 2.85. The van der Waals surface area contributed by atoms with Crippen molar-refractivity contribution in [2.24, 2.45) is 5.73 Å². The van der Waals surface area contributed by atoms with Crippen molar-refractivity contribution >= 4 is 16.9 Å². The highest BCUT2D eigenvalue weighted by atomic mass is 16.3. The van der Waals surface area contributed by atoms with E-state index in [-0.39, 0.29) is 11.4 Å². The van der Waals surface area contributed by atoms with E-state index in [9.17, 15) is 9.59 Å². The fourth-order valence-electron chi connectivity index (χ4n) is 2.85. The van der Waals surface area contributed by atoms with Gasteiger partial charge in [0, 0.05) is 18.3 Å². The van der Waals surface area contributed by atoms with Crippen molar-refractivity contribution in [3.63, 3.8) is 0 Å². The van der Waals surface area contributed by atoms with Crippen LogP contribution in [0.2, 0.25) is 0 Å². The molecule has 0 aliphatic heterocycles. The molecule has 2 N–H and O–H groups in total. The number of carbonyl (C=O) groups excluding carboxylic acids is 1. The zero-order valence-corrected chi connectivity index (χ0v) is 13.8. The van der Waals surface area contributed by atoms with Gasteiger partial charge in [0.2, 0.25) is 5.91 Å². The molecule has 1 amide bonds. The van der Waals surface area contributed by atoms with Crippen molar-refractivity contribution in [2.75, 3.05) is 0 Å². The van der Waals surface area contributed by atoms with Crippen molar-refractivity contribution in [2.45, 2.75) is 31.7 Å².